The normalized spacial score (nSPS) is 10.2. The number of hydrogen-bond donors (Lipinski definition) is 0. The molecule has 0 saturated carbocycles. The van der Waals surface area contributed by atoms with Crippen molar-refractivity contribution in [2.24, 2.45) is 0 Å². The largest absolute Gasteiger partial charge is 0.281 e. The van der Waals surface area contributed by atoms with E-state index in [0.717, 1.165) is 6.07 Å². The van der Waals surface area contributed by atoms with E-state index in [1.54, 1.807) is 0 Å². The Morgan fingerprint density at radius 1 is 1.54 bits per heavy atom. The summed E-state index contributed by atoms with van der Waals surface area (Å²) in [6.07, 6.45) is -2.98. The van der Waals surface area contributed by atoms with Gasteiger partial charge in [0.25, 0.3) is 6.43 Å². The molecule has 1 aromatic heterocycles. The van der Waals surface area contributed by atoms with Crippen LogP contribution in [0.4, 0.5) is 13.2 Å². The Bertz CT molecular complexity index is 373. The van der Waals surface area contributed by atoms with Gasteiger partial charge in [-0.25, -0.2) is 13.8 Å². The summed E-state index contributed by atoms with van der Waals surface area (Å²) < 4.78 is 36.8. The van der Waals surface area contributed by atoms with Crippen LogP contribution in [0.2, 0.25) is 5.02 Å². The molecule has 1 rings (SSSR count). The van der Waals surface area contributed by atoms with Crippen molar-refractivity contribution in [2.45, 2.75) is 6.43 Å². The summed E-state index contributed by atoms with van der Waals surface area (Å²) in [6.45, 7) is 0. The van der Waals surface area contributed by atoms with Gasteiger partial charge in [-0.15, -0.1) is 0 Å². The van der Waals surface area contributed by atoms with Gasteiger partial charge in [0, 0.05) is 0 Å². The Morgan fingerprint density at radius 2 is 2.15 bits per heavy atom. The Labute approximate surface area is 76.6 Å². The van der Waals surface area contributed by atoms with Gasteiger partial charge in [-0.1, -0.05) is 11.6 Å². The third-order valence-corrected chi connectivity index (χ3v) is 1.55. The lowest BCUT2D eigenvalue weighted by atomic mass is 10.2. The molecule has 68 valence electrons. The van der Waals surface area contributed by atoms with Gasteiger partial charge in [-0.05, 0) is 6.07 Å². The third kappa shape index (κ3) is 1.90. The zero-order valence-corrected chi connectivity index (χ0v) is 6.82. The SMILES string of the molecule is N#Cc1cc(Cl)c(F)nc1C(F)F. The maximum absolute atomic E-state index is 12.6. The maximum atomic E-state index is 12.6. The van der Waals surface area contributed by atoms with Crippen LogP contribution in [0.3, 0.4) is 0 Å². The van der Waals surface area contributed by atoms with Gasteiger partial charge in [0.2, 0.25) is 5.95 Å². The molecule has 0 unspecified atom stereocenters. The molecule has 0 spiro atoms. The lowest BCUT2D eigenvalue weighted by Gasteiger charge is -2.01. The van der Waals surface area contributed by atoms with E-state index in [-0.39, 0.29) is 0 Å². The molecule has 0 aromatic carbocycles. The van der Waals surface area contributed by atoms with Crippen LogP contribution in [0.1, 0.15) is 17.7 Å². The maximum Gasteiger partial charge on any atom is 0.281 e. The van der Waals surface area contributed by atoms with Gasteiger partial charge in [0.15, 0.2) is 0 Å². The van der Waals surface area contributed by atoms with Crippen molar-refractivity contribution in [3.63, 3.8) is 0 Å². The van der Waals surface area contributed by atoms with Crippen molar-refractivity contribution in [1.82, 2.24) is 4.98 Å². The van der Waals surface area contributed by atoms with Crippen LogP contribution in [0.5, 0.6) is 0 Å². The number of hydrogen-bond acceptors (Lipinski definition) is 2. The van der Waals surface area contributed by atoms with Crippen LogP contribution in [0.25, 0.3) is 0 Å². The fourth-order valence-corrected chi connectivity index (χ4v) is 0.887. The smallest absolute Gasteiger partial charge is 0.216 e. The van der Waals surface area contributed by atoms with Gasteiger partial charge < -0.3 is 0 Å². The summed E-state index contributed by atoms with van der Waals surface area (Å²) in [5.41, 5.74) is -1.30. The molecule has 1 aromatic rings. The number of nitrogens with zero attached hydrogens (tertiary/aromatic N) is 2. The zero-order chi connectivity index (χ0) is 10.0. The van der Waals surface area contributed by atoms with Gasteiger partial charge in [-0.2, -0.15) is 9.65 Å². The van der Waals surface area contributed by atoms with E-state index in [9.17, 15) is 13.2 Å². The number of halogens is 4. The fraction of sp³-hybridized carbons (Fsp3) is 0.143. The highest BCUT2D eigenvalue weighted by Crippen LogP contribution is 2.24. The van der Waals surface area contributed by atoms with Crippen molar-refractivity contribution in [1.29, 1.82) is 5.26 Å². The zero-order valence-electron chi connectivity index (χ0n) is 6.06. The van der Waals surface area contributed by atoms with Crippen molar-refractivity contribution in [2.75, 3.05) is 0 Å². The molecule has 0 N–H and O–H groups in total. The molecule has 0 aliphatic heterocycles. The molecule has 0 aliphatic rings. The molecule has 0 fully saturated rings. The topological polar surface area (TPSA) is 36.7 Å². The van der Waals surface area contributed by atoms with Crippen molar-refractivity contribution in [3.05, 3.63) is 28.3 Å². The summed E-state index contributed by atoms with van der Waals surface area (Å²) in [7, 11) is 0. The predicted octanol–water partition coefficient (Wildman–Crippen LogP) is 2.68. The van der Waals surface area contributed by atoms with Gasteiger partial charge >= 0.3 is 0 Å². The second kappa shape index (κ2) is 3.62. The molecular formula is C7H2ClF3N2. The molecule has 0 aliphatic carbocycles. The molecule has 0 atom stereocenters. The molecule has 0 amide bonds. The second-order valence-electron chi connectivity index (χ2n) is 2.11. The first-order valence-electron chi connectivity index (χ1n) is 3.10. The minimum absolute atomic E-state index is 0.415. The molecule has 0 saturated heterocycles. The van der Waals surface area contributed by atoms with Crippen molar-refractivity contribution < 1.29 is 13.2 Å². The van der Waals surface area contributed by atoms with E-state index in [1.165, 1.54) is 6.07 Å². The summed E-state index contributed by atoms with van der Waals surface area (Å²) in [5, 5.41) is 7.93. The minimum atomic E-state index is -2.98. The average molecular weight is 207 g/mol. The quantitative estimate of drug-likeness (QED) is 0.663. The van der Waals surface area contributed by atoms with Crippen LogP contribution in [0.15, 0.2) is 6.07 Å². The second-order valence-corrected chi connectivity index (χ2v) is 2.51. The van der Waals surface area contributed by atoms with Gasteiger partial charge in [0.05, 0.1) is 10.6 Å². The lowest BCUT2D eigenvalue weighted by Crippen LogP contribution is -1.98. The Hall–Kier alpha value is -1.28. The van der Waals surface area contributed by atoms with E-state index in [2.05, 4.69) is 4.98 Å². The standard InChI is InChI=1S/C7H2ClF3N2/c8-4-1-3(2-12)5(6(9)10)13-7(4)11/h1,6H. The number of nitriles is 1. The number of pyridine rings is 1. The third-order valence-electron chi connectivity index (χ3n) is 1.29. The van der Waals surface area contributed by atoms with Crippen LogP contribution in [-0.2, 0) is 0 Å². The first kappa shape index (κ1) is 9.81. The first-order valence-corrected chi connectivity index (χ1v) is 3.48. The number of aromatic nitrogens is 1. The Balaban J connectivity index is 3.35. The number of alkyl halides is 2. The van der Waals surface area contributed by atoms with Crippen molar-refractivity contribution >= 4 is 11.6 Å². The fourth-order valence-electron chi connectivity index (χ4n) is 0.735. The molecule has 2 nitrogen and oxygen atoms in total. The van der Waals surface area contributed by atoms with E-state index < -0.39 is 28.7 Å². The molecule has 13 heavy (non-hydrogen) atoms. The molecule has 0 bridgehead atoms. The summed E-state index contributed by atoms with van der Waals surface area (Å²) in [5.74, 6) is -1.20. The molecule has 6 heteroatoms. The monoisotopic (exact) mass is 206 g/mol. The number of rotatable bonds is 1. The lowest BCUT2D eigenvalue weighted by molar-refractivity contribution is 0.144. The van der Waals surface area contributed by atoms with Crippen LogP contribution in [0, 0.1) is 17.3 Å². The van der Waals surface area contributed by atoms with E-state index in [4.69, 9.17) is 16.9 Å². The average Bonchev–Trinajstić information content (AvgIpc) is 2.08. The van der Waals surface area contributed by atoms with Crippen molar-refractivity contribution in [3.8, 4) is 6.07 Å². The van der Waals surface area contributed by atoms with Crippen LogP contribution >= 0.6 is 11.6 Å². The first-order chi connectivity index (χ1) is 6.06. The molecule has 1 heterocycles. The highest BCUT2D eigenvalue weighted by Gasteiger charge is 2.17. The Morgan fingerprint density at radius 3 is 2.62 bits per heavy atom. The van der Waals surface area contributed by atoms with Crippen LogP contribution in [-0.4, -0.2) is 4.98 Å². The van der Waals surface area contributed by atoms with Gasteiger partial charge in [-0.3, -0.25) is 0 Å². The molecule has 0 radical (unpaired) electrons. The summed E-state index contributed by atoms with van der Waals surface area (Å²) in [6, 6.07) is 2.28. The van der Waals surface area contributed by atoms with E-state index in [1.807, 2.05) is 0 Å². The highest BCUT2D eigenvalue weighted by molar-refractivity contribution is 6.30. The van der Waals surface area contributed by atoms with Crippen LogP contribution < -0.4 is 0 Å². The van der Waals surface area contributed by atoms with E-state index in [0.29, 0.717) is 0 Å². The Kier molecular flexibility index (Phi) is 2.73. The summed E-state index contributed by atoms with van der Waals surface area (Å²) in [4.78, 5) is 2.87. The van der Waals surface area contributed by atoms with E-state index >= 15 is 0 Å². The predicted molar refractivity (Wildman–Crippen MR) is 38.9 cm³/mol. The highest BCUT2D eigenvalue weighted by atomic mass is 35.5. The minimum Gasteiger partial charge on any atom is -0.216 e. The molecular weight excluding hydrogens is 205 g/mol. The van der Waals surface area contributed by atoms with Gasteiger partial charge in [0.1, 0.15) is 11.8 Å². The summed E-state index contributed by atoms with van der Waals surface area (Å²) >= 11 is 5.24.